The van der Waals surface area contributed by atoms with Crippen LogP contribution in [0, 0.1) is 35.5 Å². The molecule has 0 saturated heterocycles. The first-order valence-corrected chi connectivity index (χ1v) is 7.83. The van der Waals surface area contributed by atoms with Crippen LogP contribution >= 0.6 is 0 Å². The van der Waals surface area contributed by atoms with E-state index in [-0.39, 0.29) is 6.10 Å². The standard InChI is InChI=1S/C16H28O/c1-10-3-4-13-7-12-5-6-15(17)8-14(12)9-16(13)11(10)2/h10-17H,3-9H2,1-2H3. The highest BCUT2D eigenvalue weighted by Gasteiger charge is 2.44. The van der Waals surface area contributed by atoms with Crippen LogP contribution in [0.25, 0.3) is 0 Å². The smallest absolute Gasteiger partial charge is 0.0543 e. The van der Waals surface area contributed by atoms with Crippen molar-refractivity contribution in [2.45, 2.75) is 64.9 Å². The molecule has 3 aliphatic rings. The quantitative estimate of drug-likeness (QED) is 0.677. The Labute approximate surface area is 106 Å². The summed E-state index contributed by atoms with van der Waals surface area (Å²) in [7, 11) is 0. The Hall–Kier alpha value is -0.0400. The number of aliphatic hydroxyl groups is 1. The summed E-state index contributed by atoms with van der Waals surface area (Å²) < 4.78 is 0. The molecule has 0 bridgehead atoms. The Kier molecular flexibility index (Phi) is 3.23. The van der Waals surface area contributed by atoms with Gasteiger partial charge in [-0.1, -0.05) is 20.3 Å². The van der Waals surface area contributed by atoms with Crippen LogP contribution in [0.3, 0.4) is 0 Å². The summed E-state index contributed by atoms with van der Waals surface area (Å²) in [5.74, 6) is 5.67. The van der Waals surface area contributed by atoms with Crippen molar-refractivity contribution in [2.24, 2.45) is 35.5 Å². The molecule has 3 fully saturated rings. The molecule has 3 saturated carbocycles. The van der Waals surface area contributed by atoms with Crippen LogP contribution in [0.1, 0.15) is 58.8 Å². The van der Waals surface area contributed by atoms with Crippen molar-refractivity contribution in [2.75, 3.05) is 0 Å². The Bertz CT molecular complexity index is 275. The SMILES string of the molecule is CC1CCC2CC3CCC(O)CC3CC2C1C. The topological polar surface area (TPSA) is 20.2 Å². The first-order valence-electron chi connectivity index (χ1n) is 7.83. The zero-order chi connectivity index (χ0) is 12.0. The third kappa shape index (κ3) is 2.16. The van der Waals surface area contributed by atoms with Gasteiger partial charge in [-0.2, -0.15) is 0 Å². The molecule has 7 atom stereocenters. The van der Waals surface area contributed by atoms with Gasteiger partial charge in [0.05, 0.1) is 6.10 Å². The van der Waals surface area contributed by atoms with Gasteiger partial charge in [0.2, 0.25) is 0 Å². The van der Waals surface area contributed by atoms with E-state index < -0.39 is 0 Å². The van der Waals surface area contributed by atoms with Crippen molar-refractivity contribution in [3.63, 3.8) is 0 Å². The molecule has 0 spiro atoms. The number of hydrogen-bond donors (Lipinski definition) is 1. The first kappa shape index (κ1) is 12.0. The van der Waals surface area contributed by atoms with Crippen LogP contribution in [0.5, 0.6) is 0 Å². The van der Waals surface area contributed by atoms with Gasteiger partial charge >= 0.3 is 0 Å². The van der Waals surface area contributed by atoms with Crippen LogP contribution in [-0.2, 0) is 0 Å². The van der Waals surface area contributed by atoms with E-state index in [0.717, 1.165) is 48.3 Å². The minimum absolute atomic E-state index is 0.0177. The highest BCUT2D eigenvalue weighted by molar-refractivity contribution is 4.94. The first-order chi connectivity index (χ1) is 8.15. The molecule has 0 aromatic heterocycles. The average molecular weight is 236 g/mol. The van der Waals surface area contributed by atoms with Gasteiger partial charge in [-0.25, -0.2) is 0 Å². The molecule has 1 N–H and O–H groups in total. The van der Waals surface area contributed by atoms with Crippen molar-refractivity contribution in [3.05, 3.63) is 0 Å². The van der Waals surface area contributed by atoms with E-state index in [1.54, 1.807) is 0 Å². The molecular weight excluding hydrogens is 208 g/mol. The lowest BCUT2D eigenvalue weighted by Gasteiger charge is -2.50. The van der Waals surface area contributed by atoms with Gasteiger partial charge in [-0.15, -0.1) is 0 Å². The normalized spacial score (nSPS) is 54.9. The Morgan fingerprint density at radius 3 is 2.35 bits per heavy atom. The van der Waals surface area contributed by atoms with Gasteiger partial charge in [0, 0.05) is 0 Å². The molecule has 1 nitrogen and oxygen atoms in total. The summed E-state index contributed by atoms with van der Waals surface area (Å²) >= 11 is 0. The summed E-state index contributed by atoms with van der Waals surface area (Å²) in [5, 5.41) is 9.86. The second kappa shape index (κ2) is 4.57. The highest BCUT2D eigenvalue weighted by Crippen LogP contribution is 2.52. The molecule has 98 valence electrons. The minimum Gasteiger partial charge on any atom is -0.393 e. The molecule has 0 aromatic rings. The van der Waals surface area contributed by atoms with E-state index in [1.807, 2.05) is 0 Å². The van der Waals surface area contributed by atoms with Gasteiger partial charge in [-0.3, -0.25) is 0 Å². The van der Waals surface area contributed by atoms with Gasteiger partial charge in [0.25, 0.3) is 0 Å². The number of aliphatic hydroxyl groups excluding tert-OH is 1. The lowest BCUT2D eigenvalue weighted by Crippen LogP contribution is -2.42. The monoisotopic (exact) mass is 236 g/mol. The van der Waals surface area contributed by atoms with Crippen LogP contribution in [-0.4, -0.2) is 11.2 Å². The fraction of sp³-hybridized carbons (Fsp3) is 1.00. The van der Waals surface area contributed by atoms with Crippen LogP contribution in [0.15, 0.2) is 0 Å². The molecular formula is C16H28O. The van der Waals surface area contributed by atoms with Crippen LogP contribution in [0.4, 0.5) is 0 Å². The van der Waals surface area contributed by atoms with Crippen molar-refractivity contribution < 1.29 is 5.11 Å². The van der Waals surface area contributed by atoms with Gasteiger partial charge in [0.1, 0.15) is 0 Å². The largest absolute Gasteiger partial charge is 0.393 e. The molecule has 3 rings (SSSR count). The highest BCUT2D eigenvalue weighted by atomic mass is 16.3. The Morgan fingerprint density at radius 1 is 0.765 bits per heavy atom. The van der Waals surface area contributed by atoms with Gasteiger partial charge in [0.15, 0.2) is 0 Å². The summed E-state index contributed by atoms with van der Waals surface area (Å²) in [6, 6.07) is 0. The van der Waals surface area contributed by atoms with Crippen LogP contribution in [0.2, 0.25) is 0 Å². The predicted octanol–water partition coefficient (Wildman–Crippen LogP) is 3.86. The number of rotatable bonds is 0. The third-order valence-electron chi connectivity index (χ3n) is 6.46. The molecule has 0 aromatic carbocycles. The second-order valence-electron chi connectivity index (χ2n) is 7.30. The van der Waals surface area contributed by atoms with E-state index >= 15 is 0 Å². The van der Waals surface area contributed by atoms with Gasteiger partial charge < -0.3 is 5.11 Å². The third-order valence-corrected chi connectivity index (χ3v) is 6.46. The Morgan fingerprint density at radius 2 is 1.53 bits per heavy atom. The zero-order valence-corrected chi connectivity index (χ0v) is 11.4. The fourth-order valence-corrected chi connectivity index (χ4v) is 5.14. The van der Waals surface area contributed by atoms with E-state index in [2.05, 4.69) is 13.8 Å². The minimum atomic E-state index is 0.0177. The summed E-state index contributed by atoms with van der Waals surface area (Å²) in [6.45, 7) is 4.93. The summed E-state index contributed by atoms with van der Waals surface area (Å²) in [6.07, 6.45) is 9.36. The van der Waals surface area contributed by atoms with E-state index in [0.29, 0.717) is 0 Å². The second-order valence-corrected chi connectivity index (χ2v) is 7.30. The number of fused-ring (bicyclic) bond motifs is 2. The fourth-order valence-electron chi connectivity index (χ4n) is 5.14. The molecule has 0 amide bonds. The van der Waals surface area contributed by atoms with E-state index in [1.165, 1.54) is 32.1 Å². The van der Waals surface area contributed by atoms with E-state index in [9.17, 15) is 5.11 Å². The molecule has 0 aliphatic heterocycles. The maximum Gasteiger partial charge on any atom is 0.0543 e. The maximum absolute atomic E-state index is 9.86. The zero-order valence-electron chi connectivity index (χ0n) is 11.4. The van der Waals surface area contributed by atoms with Crippen molar-refractivity contribution in [3.8, 4) is 0 Å². The van der Waals surface area contributed by atoms with Gasteiger partial charge in [-0.05, 0) is 74.0 Å². The Balaban J connectivity index is 1.71. The molecule has 1 heteroatoms. The number of hydrogen-bond acceptors (Lipinski definition) is 1. The lowest BCUT2D eigenvalue weighted by molar-refractivity contribution is -0.0278. The molecule has 7 unspecified atom stereocenters. The lowest BCUT2D eigenvalue weighted by atomic mass is 9.55. The van der Waals surface area contributed by atoms with Crippen molar-refractivity contribution in [1.82, 2.24) is 0 Å². The molecule has 0 heterocycles. The predicted molar refractivity (Wildman–Crippen MR) is 70.6 cm³/mol. The van der Waals surface area contributed by atoms with Crippen molar-refractivity contribution >= 4 is 0 Å². The van der Waals surface area contributed by atoms with Crippen molar-refractivity contribution in [1.29, 1.82) is 0 Å². The molecule has 0 radical (unpaired) electrons. The summed E-state index contributed by atoms with van der Waals surface area (Å²) in [5.41, 5.74) is 0. The summed E-state index contributed by atoms with van der Waals surface area (Å²) in [4.78, 5) is 0. The van der Waals surface area contributed by atoms with E-state index in [4.69, 9.17) is 0 Å². The average Bonchev–Trinajstić information content (AvgIpc) is 2.32. The molecule has 17 heavy (non-hydrogen) atoms. The van der Waals surface area contributed by atoms with Crippen LogP contribution < -0.4 is 0 Å². The molecule has 3 aliphatic carbocycles. The maximum atomic E-state index is 9.86.